The number of hydrogen-bond donors (Lipinski definition) is 4. The highest BCUT2D eigenvalue weighted by atomic mass is 16.2. The van der Waals surface area contributed by atoms with Gasteiger partial charge < -0.3 is 22.1 Å². The van der Waals surface area contributed by atoms with Gasteiger partial charge in [0.2, 0.25) is 0 Å². The smallest absolute Gasteiger partial charge is 0.256 e. The molecule has 8 nitrogen and oxygen atoms in total. The van der Waals surface area contributed by atoms with Crippen molar-refractivity contribution in [3.05, 3.63) is 107 Å². The van der Waals surface area contributed by atoms with Crippen LogP contribution < -0.4 is 22.1 Å². The summed E-state index contributed by atoms with van der Waals surface area (Å²) >= 11 is 0. The number of nitrogen functional groups attached to an aromatic ring is 2. The Morgan fingerprint density at radius 1 is 0.618 bits per heavy atom. The SMILES string of the molecule is Nc1cccnc1NC(=O)c1ccc(C=Cc2ccc(C(=O)Nc3ncccc3N)cc2)cc1. The first-order valence-corrected chi connectivity index (χ1v) is 10.4. The third-order valence-corrected chi connectivity index (χ3v) is 4.96. The maximum Gasteiger partial charge on any atom is 0.256 e. The van der Waals surface area contributed by atoms with Crippen molar-refractivity contribution < 1.29 is 9.59 Å². The average Bonchev–Trinajstić information content (AvgIpc) is 2.86. The molecule has 0 saturated heterocycles. The molecule has 2 heterocycles. The number of carbonyl (C=O) groups excluding carboxylic acids is 2. The van der Waals surface area contributed by atoms with Crippen molar-refractivity contribution in [1.82, 2.24) is 9.97 Å². The number of nitrogens with zero attached hydrogens (tertiary/aromatic N) is 2. The fourth-order valence-corrected chi connectivity index (χ4v) is 3.09. The second-order valence-corrected chi connectivity index (χ2v) is 7.37. The molecule has 8 heteroatoms. The van der Waals surface area contributed by atoms with Gasteiger partial charge in [0.1, 0.15) is 0 Å². The Morgan fingerprint density at radius 2 is 1.00 bits per heavy atom. The Hall–Kier alpha value is -4.98. The van der Waals surface area contributed by atoms with Gasteiger partial charge in [-0.15, -0.1) is 0 Å². The molecule has 0 unspecified atom stereocenters. The van der Waals surface area contributed by atoms with Crippen LogP contribution >= 0.6 is 0 Å². The number of pyridine rings is 2. The zero-order chi connectivity index (χ0) is 23.9. The number of aromatic nitrogens is 2. The van der Waals surface area contributed by atoms with E-state index in [0.717, 1.165) is 11.1 Å². The summed E-state index contributed by atoms with van der Waals surface area (Å²) in [5.41, 5.74) is 15.3. The summed E-state index contributed by atoms with van der Waals surface area (Å²) in [5.74, 6) is 0.0821. The van der Waals surface area contributed by atoms with Crippen molar-refractivity contribution in [2.24, 2.45) is 0 Å². The topological polar surface area (TPSA) is 136 Å². The van der Waals surface area contributed by atoms with E-state index < -0.39 is 0 Å². The molecular weight excluding hydrogens is 428 g/mol. The lowest BCUT2D eigenvalue weighted by atomic mass is 10.1. The predicted octanol–water partition coefficient (Wildman–Crippen LogP) is 4.32. The lowest BCUT2D eigenvalue weighted by Gasteiger charge is -2.07. The van der Waals surface area contributed by atoms with Crippen molar-refractivity contribution in [1.29, 1.82) is 0 Å². The largest absolute Gasteiger partial charge is 0.396 e. The fourth-order valence-electron chi connectivity index (χ4n) is 3.09. The molecule has 4 aromatic rings. The van der Waals surface area contributed by atoms with Crippen LogP contribution in [0.4, 0.5) is 23.0 Å². The summed E-state index contributed by atoms with van der Waals surface area (Å²) in [6.07, 6.45) is 6.97. The van der Waals surface area contributed by atoms with Crippen molar-refractivity contribution in [3.8, 4) is 0 Å². The first-order valence-electron chi connectivity index (χ1n) is 10.4. The molecule has 2 amide bonds. The number of nitrogens with one attached hydrogen (secondary N) is 2. The van der Waals surface area contributed by atoms with Crippen molar-refractivity contribution in [3.63, 3.8) is 0 Å². The van der Waals surface area contributed by atoms with Crippen LogP contribution in [-0.2, 0) is 0 Å². The predicted molar refractivity (Wildman–Crippen MR) is 135 cm³/mol. The number of benzene rings is 2. The van der Waals surface area contributed by atoms with E-state index in [0.29, 0.717) is 34.1 Å². The highest BCUT2D eigenvalue weighted by Gasteiger charge is 2.09. The van der Waals surface area contributed by atoms with Crippen LogP contribution in [0.15, 0.2) is 85.2 Å². The molecule has 0 atom stereocenters. The van der Waals surface area contributed by atoms with Gasteiger partial charge in [-0.3, -0.25) is 9.59 Å². The van der Waals surface area contributed by atoms with Crippen LogP contribution in [0.2, 0.25) is 0 Å². The number of amides is 2. The van der Waals surface area contributed by atoms with Crippen molar-refractivity contribution in [2.75, 3.05) is 22.1 Å². The van der Waals surface area contributed by atoms with Gasteiger partial charge >= 0.3 is 0 Å². The molecule has 0 aliphatic heterocycles. The molecule has 0 saturated carbocycles. The van der Waals surface area contributed by atoms with E-state index >= 15 is 0 Å². The Kier molecular flexibility index (Phi) is 6.60. The van der Waals surface area contributed by atoms with E-state index in [2.05, 4.69) is 20.6 Å². The summed E-state index contributed by atoms with van der Waals surface area (Å²) < 4.78 is 0. The zero-order valence-electron chi connectivity index (χ0n) is 18.1. The Morgan fingerprint density at radius 3 is 1.35 bits per heavy atom. The molecule has 0 radical (unpaired) electrons. The molecule has 2 aromatic carbocycles. The van der Waals surface area contributed by atoms with E-state index in [1.165, 1.54) is 0 Å². The highest BCUT2D eigenvalue weighted by molar-refractivity contribution is 6.05. The second kappa shape index (κ2) is 10.1. The molecular formula is C26H22N6O2. The lowest BCUT2D eigenvalue weighted by molar-refractivity contribution is 0.101. The molecule has 0 bridgehead atoms. The van der Waals surface area contributed by atoms with Gasteiger partial charge in [0.05, 0.1) is 11.4 Å². The minimum absolute atomic E-state index is 0.290. The van der Waals surface area contributed by atoms with Gasteiger partial charge in [0.25, 0.3) is 11.8 Å². The second-order valence-electron chi connectivity index (χ2n) is 7.37. The monoisotopic (exact) mass is 450 g/mol. The number of anilines is 4. The van der Waals surface area contributed by atoms with Gasteiger partial charge in [0, 0.05) is 23.5 Å². The Labute approximate surface area is 196 Å². The first-order chi connectivity index (χ1) is 16.5. The number of rotatable bonds is 6. The van der Waals surface area contributed by atoms with E-state index in [1.807, 2.05) is 36.4 Å². The van der Waals surface area contributed by atoms with Crippen LogP contribution in [-0.4, -0.2) is 21.8 Å². The summed E-state index contributed by atoms with van der Waals surface area (Å²) in [6.45, 7) is 0. The van der Waals surface area contributed by atoms with Crippen LogP contribution in [0.1, 0.15) is 31.8 Å². The van der Waals surface area contributed by atoms with Gasteiger partial charge in [-0.1, -0.05) is 36.4 Å². The average molecular weight is 451 g/mol. The van der Waals surface area contributed by atoms with Gasteiger partial charge in [-0.05, 0) is 59.7 Å². The number of nitrogens with two attached hydrogens (primary N) is 2. The lowest BCUT2D eigenvalue weighted by Crippen LogP contribution is -2.14. The Balaban J connectivity index is 1.37. The van der Waals surface area contributed by atoms with E-state index in [-0.39, 0.29) is 11.8 Å². The quantitative estimate of drug-likeness (QED) is 0.323. The highest BCUT2D eigenvalue weighted by Crippen LogP contribution is 2.17. The zero-order valence-corrected chi connectivity index (χ0v) is 18.1. The molecule has 4 rings (SSSR count). The third kappa shape index (κ3) is 5.43. The van der Waals surface area contributed by atoms with E-state index in [1.54, 1.807) is 60.9 Å². The Bertz CT molecular complexity index is 1240. The summed E-state index contributed by atoms with van der Waals surface area (Å²) in [5, 5.41) is 5.40. The fraction of sp³-hybridized carbons (Fsp3) is 0. The maximum atomic E-state index is 12.4. The van der Waals surface area contributed by atoms with Gasteiger partial charge in [0.15, 0.2) is 11.6 Å². The molecule has 168 valence electrons. The minimum Gasteiger partial charge on any atom is -0.396 e. The summed E-state index contributed by atoms with van der Waals surface area (Å²) in [7, 11) is 0. The van der Waals surface area contributed by atoms with Gasteiger partial charge in [-0.25, -0.2) is 9.97 Å². The minimum atomic E-state index is -0.290. The maximum absolute atomic E-state index is 12.4. The standard InChI is InChI=1S/C26H22N6O2/c27-21-3-1-15-29-23(21)31-25(33)19-11-7-17(8-12-19)5-6-18-9-13-20(14-10-18)26(34)32-24-22(28)4-2-16-30-24/h1-16H,27-28H2,(H,29,31,33)(H,30,32,34). The van der Waals surface area contributed by atoms with E-state index in [9.17, 15) is 9.59 Å². The molecule has 0 aliphatic carbocycles. The molecule has 0 aliphatic rings. The summed E-state index contributed by atoms with van der Waals surface area (Å²) in [4.78, 5) is 32.9. The normalized spacial score (nSPS) is 10.7. The molecule has 34 heavy (non-hydrogen) atoms. The van der Waals surface area contributed by atoms with Crippen LogP contribution in [0.5, 0.6) is 0 Å². The van der Waals surface area contributed by atoms with Crippen molar-refractivity contribution >= 4 is 47.0 Å². The summed E-state index contributed by atoms with van der Waals surface area (Å²) in [6, 6.07) is 21.0. The molecule has 0 spiro atoms. The van der Waals surface area contributed by atoms with E-state index in [4.69, 9.17) is 11.5 Å². The van der Waals surface area contributed by atoms with Crippen LogP contribution in [0, 0.1) is 0 Å². The number of carbonyl (C=O) groups is 2. The third-order valence-electron chi connectivity index (χ3n) is 4.96. The first kappa shape index (κ1) is 22.2. The van der Waals surface area contributed by atoms with Crippen LogP contribution in [0.25, 0.3) is 12.2 Å². The molecule has 6 N–H and O–H groups in total. The molecule has 2 aromatic heterocycles. The molecule has 0 fully saturated rings. The van der Waals surface area contributed by atoms with Crippen LogP contribution in [0.3, 0.4) is 0 Å². The number of hydrogen-bond acceptors (Lipinski definition) is 6. The van der Waals surface area contributed by atoms with Crippen molar-refractivity contribution in [2.45, 2.75) is 0 Å². The van der Waals surface area contributed by atoms with Gasteiger partial charge in [-0.2, -0.15) is 0 Å².